The van der Waals surface area contributed by atoms with Crippen LogP contribution in [0.15, 0.2) is 12.2 Å². The average Bonchev–Trinajstić information content (AvgIpc) is 3.34. The van der Waals surface area contributed by atoms with E-state index in [4.69, 9.17) is 9.47 Å². The van der Waals surface area contributed by atoms with Gasteiger partial charge in [-0.3, -0.25) is 9.59 Å². The molecule has 47 heavy (non-hydrogen) atoms. The molecular formula is C42H70O5. The molecule has 0 saturated heterocycles. The van der Waals surface area contributed by atoms with Crippen LogP contribution in [-0.2, 0) is 19.1 Å². The van der Waals surface area contributed by atoms with Gasteiger partial charge in [0.05, 0.1) is 12.8 Å². The highest BCUT2D eigenvalue weighted by Crippen LogP contribution is 2.78. The van der Waals surface area contributed by atoms with E-state index in [0.717, 1.165) is 31.3 Å². The van der Waals surface area contributed by atoms with Gasteiger partial charge in [-0.05, 0) is 141 Å². The molecule has 0 amide bonds. The van der Waals surface area contributed by atoms with Gasteiger partial charge in [0, 0.05) is 19.1 Å². The van der Waals surface area contributed by atoms with Crippen LogP contribution < -0.4 is 0 Å². The molecule has 0 aromatic heterocycles. The van der Waals surface area contributed by atoms with Crippen molar-refractivity contribution in [2.45, 2.75) is 164 Å². The molecule has 268 valence electrons. The van der Waals surface area contributed by atoms with Crippen LogP contribution in [0.3, 0.4) is 0 Å². The lowest BCUT2D eigenvalue weighted by molar-refractivity contribution is -0.250. The van der Waals surface area contributed by atoms with E-state index in [-0.39, 0.29) is 35.7 Å². The second-order valence-electron chi connectivity index (χ2n) is 19.6. The van der Waals surface area contributed by atoms with Crippen molar-refractivity contribution in [1.82, 2.24) is 0 Å². The number of ether oxygens (including phenoxy) is 2. The largest absolute Gasteiger partial charge is 0.481 e. The zero-order valence-electron chi connectivity index (χ0n) is 31.8. The van der Waals surface area contributed by atoms with Crippen molar-refractivity contribution >= 4 is 11.9 Å². The fourth-order valence-corrected chi connectivity index (χ4v) is 13.9. The van der Waals surface area contributed by atoms with Gasteiger partial charge in [0.15, 0.2) is 0 Å². The van der Waals surface area contributed by atoms with Gasteiger partial charge in [0.25, 0.3) is 0 Å². The van der Waals surface area contributed by atoms with Crippen LogP contribution in [0.4, 0.5) is 0 Å². The second kappa shape index (κ2) is 13.1. The number of rotatable bonds is 12. The first-order valence-corrected chi connectivity index (χ1v) is 19.4. The summed E-state index contributed by atoms with van der Waals surface area (Å²) in [5.74, 6) is 2.33. The Bertz CT molecular complexity index is 1190. The zero-order chi connectivity index (χ0) is 34.6. The number of carboxylic acid groups (broad SMARTS) is 1. The minimum absolute atomic E-state index is 0.0274. The second-order valence-corrected chi connectivity index (χ2v) is 19.6. The topological polar surface area (TPSA) is 72.8 Å². The number of esters is 1. The van der Waals surface area contributed by atoms with Crippen molar-refractivity contribution in [3.05, 3.63) is 12.2 Å². The number of methoxy groups -OCH3 is 1. The molecule has 0 spiro atoms. The Morgan fingerprint density at radius 1 is 0.830 bits per heavy atom. The molecule has 0 aromatic carbocycles. The Labute approximate surface area is 287 Å². The molecule has 5 heteroatoms. The molecule has 0 bridgehead atoms. The Morgan fingerprint density at radius 3 is 2.21 bits per heavy atom. The maximum atomic E-state index is 13.2. The first-order valence-electron chi connectivity index (χ1n) is 19.4. The van der Waals surface area contributed by atoms with Gasteiger partial charge in [-0.25, -0.2) is 0 Å². The highest BCUT2D eigenvalue weighted by molar-refractivity contribution is 5.73. The maximum Gasteiger partial charge on any atom is 0.306 e. The lowest BCUT2D eigenvalue weighted by atomic mass is 9.32. The SMILES string of the molecule is C=C(C)[C@@H]1CC[C@]2(CCCCCOC)CC[C@]3(C)[C@H](CC[C@@H]4[C@@]5(C)CC[C@H](OC(=O)CC(C)(C)CC(=O)O)C(C)(C)[C@@H]5CC[C@]43C)[C@@H]12. The predicted octanol–water partition coefficient (Wildman–Crippen LogP) is 10.7. The van der Waals surface area contributed by atoms with Crippen molar-refractivity contribution in [1.29, 1.82) is 0 Å². The number of hydrogen-bond acceptors (Lipinski definition) is 4. The quantitative estimate of drug-likeness (QED) is 0.129. The van der Waals surface area contributed by atoms with Crippen LogP contribution >= 0.6 is 0 Å². The molecule has 10 atom stereocenters. The molecule has 5 saturated carbocycles. The van der Waals surface area contributed by atoms with E-state index < -0.39 is 11.4 Å². The molecule has 5 aliphatic rings. The predicted molar refractivity (Wildman–Crippen MR) is 190 cm³/mol. The molecule has 5 nitrogen and oxygen atoms in total. The van der Waals surface area contributed by atoms with E-state index in [0.29, 0.717) is 34.0 Å². The first kappa shape index (κ1) is 36.9. The van der Waals surface area contributed by atoms with Gasteiger partial charge < -0.3 is 14.6 Å². The minimum atomic E-state index is -0.866. The lowest BCUT2D eigenvalue weighted by Gasteiger charge is -2.73. The highest BCUT2D eigenvalue weighted by atomic mass is 16.5. The summed E-state index contributed by atoms with van der Waals surface area (Å²) in [7, 11) is 1.82. The van der Waals surface area contributed by atoms with Crippen molar-refractivity contribution in [2.75, 3.05) is 13.7 Å². The third kappa shape index (κ3) is 6.28. The van der Waals surface area contributed by atoms with Gasteiger partial charge in [0.1, 0.15) is 6.10 Å². The van der Waals surface area contributed by atoms with E-state index >= 15 is 0 Å². The Morgan fingerprint density at radius 2 is 1.55 bits per heavy atom. The standard InChI is InChI=1S/C42H70O5/c1-28(2)29-16-22-42(19-12-11-13-25-46-10)24-23-40(8)30(36(29)42)14-15-32-39(7)20-18-33(38(5,6)31(39)17-21-41(32,40)9)47-35(45)27-37(3,4)26-34(43)44/h29-33,36H,1,11-27H2,2-10H3,(H,43,44)/t29-,30+,31-,32+,33-,36+,39-,40+,41+,42+/m0/s1. The summed E-state index contributed by atoms with van der Waals surface area (Å²) in [5.41, 5.74) is 2.10. The van der Waals surface area contributed by atoms with E-state index in [9.17, 15) is 14.7 Å². The average molecular weight is 655 g/mol. The van der Waals surface area contributed by atoms with Crippen LogP contribution in [0.1, 0.15) is 158 Å². The number of aliphatic carboxylic acids is 1. The molecular weight excluding hydrogens is 584 g/mol. The number of fused-ring (bicyclic) bond motifs is 7. The Hall–Kier alpha value is -1.36. The Balaban J connectivity index is 1.36. The molecule has 5 rings (SSSR count). The van der Waals surface area contributed by atoms with Gasteiger partial charge in [-0.2, -0.15) is 0 Å². The summed E-state index contributed by atoms with van der Waals surface area (Å²) in [6.07, 6.45) is 17.9. The monoisotopic (exact) mass is 655 g/mol. The summed E-state index contributed by atoms with van der Waals surface area (Å²) >= 11 is 0. The van der Waals surface area contributed by atoms with Gasteiger partial charge in [-0.15, -0.1) is 0 Å². The summed E-state index contributed by atoms with van der Waals surface area (Å²) in [6.45, 7) is 24.3. The highest BCUT2D eigenvalue weighted by Gasteiger charge is 2.71. The summed E-state index contributed by atoms with van der Waals surface area (Å²) in [5, 5.41) is 9.33. The van der Waals surface area contributed by atoms with E-state index in [1.54, 1.807) is 0 Å². The summed E-state index contributed by atoms with van der Waals surface area (Å²) in [4.78, 5) is 24.6. The third-order valence-electron chi connectivity index (χ3n) is 16.2. The van der Waals surface area contributed by atoms with Crippen LogP contribution in [0.25, 0.3) is 0 Å². The van der Waals surface area contributed by atoms with Crippen molar-refractivity contribution in [3.63, 3.8) is 0 Å². The summed E-state index contributed by atoms with van der Waals surface area (Å²) < 4.78 is 11.7. The number of unbranched alkanes of at least 4 members (excludes halogenated alkanes) is 2. The molecule has 0 aliphatic heterocycles. The van der Waals surface area contributed by atoms with E-state index in [1.165, 1.54) is 82.6 Å². The Kier molecular flexibility index (Phi) is 10.3. The molecule has 0 unspecified atom stereocenters. The van der Waals surface area contributed by atoms with Crippen LogP contribution in [0.2, 0.25) is 0 Å². The summed E-state index contributed by atoms with van der Waals surface area (Å²) in [6, 6.07) is 0. The molecule has 0 radical (unpaired) electrons. The van der Waals surface area contributed by atoms with Crippen LogP contribution in [0.5, 0.6) is 0 Å². The maximum absolute atomic E-state index is 13.2. The number of carbonyl (C=O) groups is 2. The fourth-order valence-electron chi connectivity index (χ4n) is 13.9. The van der Waals surface area contributed by atoms with Crippen molar-refractivity contribution in [3.8, 4) is 0 Å². The lowest BCUT2D eigenvalue weighted by Crippen LogP contribution is -2.66. The number of hydrogen-bond donors (Lipinski definition) is 1. The van der Waals surface area contributed by atoms with Gasteiger partial charge in [-0.1, -0.05) is 73.5 Å². The molecule has 5 fully saturated rings. The fraction of sp³-hybridized carbons (Fsp3) is 0.905. The third-order valence-corrected chi connectivity index (χ3v) is 16.2. The molecule has 5 aliphatic carbocycles. The van der Waals surface area contributed by atoms with Crippen molar-refractivity contribution < 1.29 is 24.2 Å². The number of allylic oxidation sites excluding steroid dienone is 1. The zero-order valence-corrected chi connectivity index (χ0v) is 31.8. The van der Waals surface area contributed by atoms with Crippen LogP contribution in [0, 0.1) is 62.1 Å². The van der Waals surface area contributed by atoms with Gasteiger partial charge >= 0.3 is 11.9 Å². The first-order chi connectivity index (χ1) is 21.9. The normalized spacial score (nSPS) is 42.4. The van der Waals surface area contributed by atoms with E-state index in [2.05, 4.69) is 48.1 Å². The molecule has 1 N–H and O–H groups in total. The van der Waals surface area contributed by atoms with Crippen molar-refractivity contribution in [2.24, 2.45) is 62.1 Å². The molecule has 0 heterocycles. The molecule has 0 aromatic rings. The number of carbonyl (C=O) groups excluding carboxylic acids is 1. The van der Waals surface area contributed by atoms with Crippen LogP contribution in [-0.4, -0.2) is 36.9 Å². The minimum Gasteiger partial charge on any atom is -0.481 e. The number of carboxylic acids is 1. The van der Waals surface area contributed by atoms with Gasteiger partial charge in [0.2, 0.25) is 0 Å². The smallest absolute Gasteiger partial charge is 0.306 e. The van der Waals surface area contributed by atoms with E-state index in [1.807, 2.05) is 21.0 Å².